The number of aromatic amines is 1. The van der Waals surface area contributed by atoms with Crippen LogP contribution in [0.4, 0.5) is 0 Å². The minimum Gasteiger partial charge on any atom is -0.353 e. The van der Waals surface area contributed by atoms with Gasteiger partial charge in [-0.2, -0.15) is 5.26 Å². The van der Waals surface area contributed by atoms with Crippen LogP contribution in [0.25, 0.3) is 17.1 Å². The van der Waals surface area contributed by atoms with Gasteiger partial charge in [0.05, 0.1) is 29.0 Å². The highest BCUT2D eigenvalue weighted by Gasteiger charge is 2.16. The van der Waals surface area contributed by atoms with Crippen molar-refractivity contribution >= 4 is 23.0 Å². The van der Waals surface area contributed by atoms with Crippen molar-refractivity contribution in [3.63, 3.8) is 0 Å². The molecule has 1 aliphatic rings. The predicted molar refractivity (Wildman–Crippen MR) is 118 cm³/mol. The first-order valence-electron chi connectivity index (χ1n) is 10.3. The average molecular weight is 399 g/mol. The third-order valence-electron chi connectivity index (χ3n) is 5.50. The third kappa shape index (κ3) is 4.94. The van der Waals surface area contributed by atoms with E-state index in [0.29, 0.717) is 6.54 Å². The smallest absolute Gasteiger partial charge is 0.243 e. The Morgan fingerprint density at radius 3 is 3.07 bits per heavy atom. The van der Waals surface area contributed by atoms with Gasteiger partial charge in [-0.3, -0.25) is 9.69 Å². The van der Waals surface area contributed by atoms with Gasteiger partial charge >= 0.3 is 0 Å². The topological polar surface area (TPSA) is 84.8 Å². The fraction of sp³-hybridized carbons (Fsp3) is 0.292. The zero-order chi connectivity index (χ0) is 20.8. The minimum absolute atomic E-state index is 0.0719. The lowest BCUT2D eigenvalue weighted by Gasteiger charge is -2.28. The van der Waals surface area contributed by atoms with Gasteiger partial charge in [-0.1, -0.05) is 12.1 Å². The fourth-order valence-electron chi connectivity index (χ4n) is 3.83. The van der Waals surface area contributed by atoms with Crippen molar-refractivity contribution in [1.82, 2.24) is 20.2 Å². The lowest BCUT2D eigenvalue weighted by Crippen LogP contribution is -2.32. The Hall–Kier alpha value is -3.43. The monoisotopic (exact) mass is 399 g/mol. The van der Waals surface area contributed by atoms with Gasteiger partial charge in [-0.05, 0) is 72.8 Å². The molecule has 4 rings (SSSR count). The van der Waals surface area contributed by atoms with Gasteiger partial charge in [0.2, 0.25) is 5.91 Å². The van der Waals surface area contributed by atoms with E-state index in [1.54, 1.807) is 12.4 Å². The van der Waals surface area contributed by atoms with E-state index < -0.39 is 0 Å². The highest BCUT2D eigenvalue weighted by molar-refractivity contribution is 5.92. The first-order valence-corrected chi connectivity index (χ1v) is 10.3. The van der Waals surface area contributed by atoms with Gasteiger partial charge in [0.25, 0.3) is 0 Å². The summed E-state index contributed by atoms with van der Waals surface area (Å²) in [5, 5.41) is 12.0. The molecule has 30 heavy (non-hydrogen) atoms. The van der Waals surface area contributed by atoms with Crippen LogP contribution in [0.1, 0.15) is 35.1 Å². The summed E-state index contributed by atoms with van der Waals surface area (Å²) in [5.74, 6) is -0.0719. The van der Waals surface area contributed by atoms with Crippen molar-refractivity contribution < 1.29 is 4.79 Å². The van der Waals surface area contributed by atoms with E-state index in [2.05, 4.69) is 32.3 Å². The molecule has 6 heteroatoms. The summed E-state index contributed by atoms with van der Waals surface area (Å²) in [4.78, 5) is 21.8. The van der Waals surface area contributed by atoms with Gasteiger partial charge < -0.3 is 10.3 Å². The number of benzene rings is 2. The Kier molecular flexibility index (Phi) is 6.21. The molecule has 6 nitrogen and oxygen atoms in total. The quantitative estimate of drug-likeness (QED) is 0.471. The maximum Gasteiger partial charge on any atom is 0.243 e. The summed E-state index contributed by atoms with van der Waals surface area (Å²) in [7, 11) is 0. The number of unbranched alkanes of at least 4 members (excludes halogenated alkanes) is 1. The standard InChI is InChI=1S/C24H25N5O/c25-15-19-3-6-21-16-29(12-9-20(21)13-19)11-2-1-10-26-24(30)8-5-18-4-7-22-23(14-18)28-17-27-22/h3-8,13-14,17H,1-2,9-12,16H2,(H,26,30)(H,27,28)/b8-5+. The Balaban J connectivity index is 1.15. The lowest BCUT2D eigenvalue weighted by molar-refractivity contribution is -0.116. The van der Waals surface area contributed by atoms with Gasteiger partial charge in [0, 0.05) is 25.7 Å². The summed E-state index contributed by atoms with van der Waals surface area (Å²) < 4.78 is 0. The molecule has 1 aliphatic heterocycles. The number of nitrogens with one attached hydrogen (secondary N) is 2. The predicted octanol–water partition coefficient (Wildman–Crippen LogP) is 3.40. The van der Waals surface area contributed by atoms with Gasteiger partial charge in [0.1, 0.15) is 0 Å². The second kappa shape index (κ2) is 9.38. The molecule has 0 radical (unpaired) electrons. The van der Waals surface area contributed by atoms with Gasteiger partial charge in [-0.25, -0.2) is 4.98 Å². The molecular formula is C24H25N5O. The number of nitriles is 1. The molecule has 0 fully saturated rings. The Bertz CT molecular complexity index is 1110. The van der Waals surface area contributed by atoms with Gasteiger partial charge in [0.15, 0.2) is 0 Å². The normalized spacial score (nSPS) is 14.0. The summed E-state index contributed by atoms with van der Waals surface area (Å²) in [5.41, 5.74) is 6.21. The van der Waals surface area contributed by atoms with Crippen molar-refractivity contribution in [1.29, 1.82) is 5.26 Å². The van der Waals surface area contributed by atoms with E-state index in [1.165, 1.54) is 11.1 Å². The van der Waals surface area contributed by atoms with Crippen molar-refractivity contribution in [2.75, 3.05) is 19.6 Å². The molecule has 2 heterocycles. The maximum absolute atomic E-state index is 12.0. The average Bonchev–Trinajstić information content (AvgIpc) is 3.25. The third-order valence-corrected chi connectivity index (χ3v) is 5.50. The van der Waals surface area contributed by atoms with E-state index in [4.69, 9.17) is 5.26 Å². The largest absolute Gasteiger partial charge is 0.353 e. The zero-order valence-corrected chi connectivity index (χ0v) is 16.9. The number of fused-ring (bicyclic) bond motifs is 2. The zero-order valence-electron chi connectivity index (χ0n) is 16.9. The van der Waals surface area contributed by atoms with Crippen LogP contribution >= 0.6 is 0 Å². The second-order valence-corrected chi connectivity index (χ2v) is 7.63. The number of carbonyl (C=O) groups excluding carboxylic acids is 1. The SMILES string of the molecule is N#Cc1ccc2c(c1)CCN(CCCCNC(=O)/C=C/c1ccc3[nH]cnc3c1)C2. The van der Waals surface area contributed by atoms with Crippen LogP contribution < -0.4 is 5.32 Å². The van der Waals surface area contributed by atoms with E-state index in [0.717, 1.165) is 61.1 Å². The molecule has 0 atom stereocenters. The molecule has 152 valence electrons. The number of H-pyrrole nitrogens is 1. The summed E-state index contributed by atoms with van der Waals surface area (Å²) in [6.07, 6.45) is 8.05. The van der Waals surface area contributed by atoms with Crippen LogP contribution in [-0.4, -0.2) is 40.4 Å². The highest BCUT2D eigenvalue weighted by Crippen LogP contribution is 2.20. The molecule has 0 saturated carbocycles. The maximum atomic E-state index is 12.0. The van der Waals surface area contributed by atoms with E-state index in [9.17, 15) is 4.79 Å². The Morgan fingerprint density at radius 2 is 2.17 bits per heavy atom. The van der Waals surface area contributed by atoms with Crippen LogP contribution in [-0.2, 0) is 17.8 Å². The number of aromatic nitrogens is 2. The number of imidazole rings is 1. The molecule has 0 spiro atoms. The number of hydrogen-bond donors (Lipinski definition) is 2. The van der Waals surface area contributed by atoms with Crippen LogP contribution in [0.15, 0.2) is 48.8 Å². The van der Waals surface area contributed by atoms with Crippen LogP contribution in [0.2, 0.25) is 0 Å². The van der Waals surface area contributed by atoms with E-state index in [1.807, 2.05) is 36.4 Å². The van der Waals surface area contributed by atoms with Crippen molar-refractivity contribution in [3.05, 3.63) is 71.1 Å². The fourth-order valence-corrected chi connectivity index (χ4v) is 3.83. The number of amides is 1. The highest BCUT2D eigenvalue weighted by atomic mass is 16.1. The summed E-state index contributed by atoms with van der Waals surface area (Å²) in [6, 6.07) is 14.1. The number of nitrogens with zero attached hydrogens (tertiary/aromatic N) is 3. The second-order valence-electron chi connectivity index (χ2n) is 7.63. The van der Waals surface area contributed by atoms with Crippen LogP contribution in [0.3, 0.4) is 0 Å². The summed E-state index contributed by atoms with van der Waals surface area (Å²) >= 11 is 0. The number of rotatable bonds is 7. The Labute approximate surface area is 176 Å². The van der Waals surface area contributed by atoms with E-state index in [-0.39, 0.29) is 5.91 Å². The van der Waals surface area contributed by atoms with Crippen LogP contribution in [0.5, 0.6) is 0 Å². The first kappa shape index (κ1) is 19.9. The molecule has 0 saturated heterocycles. The van der Waals surface area contributed by atoms with E-state index >= 15 is 0 Å². The molecule has 0 bridgehead atoms. The first-order chi connectivity index (χ1) is 14.7. The number of hydrogen-bond acceptors (Lipinski definition) is 4. The molecule has 0 aliphatic carbocycles. The number of carbonyl (C=O) groups is 1. The molecule has 0 unspecified atom stereocenters. The molecule has 3 aromatic rings. The van der Waals surface area contributed by atoms with Crippen molar-refractivity contribution in [3.8, 4) is 6.07 Å². The molecular weight excluding hydrogens is 374 g/mol. The molecule has 1 aromatic heterocycles. The van der Waals surface area contributed by atoms with Crippen molar-refractivity contribution in [2.24, 2.45) is 0 Å². The summed E-state index contributed by atoms with van der Waals surface area (Å²) in [6.45, 7) is 3.67. The molecule has 1 amide bonds. The van der Waals surface area contributed by atoms with Crippen molar-refractivity contribution in [2.45, 2.75) is 25.8 Å². The minimum atomic E-state index is -0.0719. The lowest BCUT2D eigenvalue weighted by atomic mass is 9.97. The molecule has 2 N–H and O–H groups in total. The van der Waals surface area contributed by atoms with Gasteiger partial charge in [-0.15, -0.1) is 0 Å². The Morgan fingerprint density at radius 1 is 1.23 bits per heavy atom. The molecule has 2 aromatic carbocycles. The van der Waals surface area contributed by atoms with Crippen LogP contribution in [0, 0.1) is 11.3 Å².